The summed E-state index contributed by atoms with van der Waals surface area (Å²) in [6.07, 6.45) is 0. The van der Waals surface area contributed by atoms with Gasteiger partial charge in [0.2, 0.25) is 0 Å². The first kappa shape index (κ1) is 9.97. The second-order valence-electron chi connectivity index (χ2n) is 4.72. The molecule has 0 bridgehead atoms. The summed E-state index contributed by atoms with van der Waals surface area (Å²) < 4.78 is 5.71. The molecule has 0 atom stereocenters. The third-order valence-corrected chi connectivity index (χ3v) is 2.37. The van der Waals surface area contributed by atoms with E-state index in [1.165, 1.54) is 0 Å². The Morgan fingerprint density at radius 2 is 1.80 bits per heavy atom. The molecule has 2 aromatic rings. The van der Waals surface area contributed by atoms with Crippen LogP contribution in [0.4, 0.5) is 0 Å². The zero-order valence-corrected chi connectivity index (χ0v) is 9.20. The SMILES string of the molecule is CC(C)(C)c1cc(=O)c2ccccc2o1. The summed E-state index contributed by atoms with van der Waals surface area (Å²) in [5.74, 6) is 0.728. The Bertz CT molecular complexity index is 544. The van der Waals surface area contributed by atoms with Crippen molar-refractivity contribution in [2.45, 2.75) is 26.2 Å². The highest BCUT2D eigenvalue weighted by molar-refractivity contribution is 5.76. The highest BCUT2D eigenvalue weighted by atomic mass is 16.3. The predicted molar refractivity (Wildman–Crippen MR) is 61.2 cm³/mol. The Balaban J connectivity index is 2.79. The van der Waals surface area contributed by atoms with Crippen molar-refractivity contribution >= 4 is 11.0 Å². The van der Waals surface area contributed by atoms with Crippen molar-refractivity contribution in [1.82, 2.24) is 0 Å². The number of para-hydroxylation sites is 1. The van der Waals surface area contributed by atoms with Gasteiger partial charge in [0.15, 0.2) is 5.43 Å². The van der Waals surface area contributed by atoms with Crippen LogP contribution in [0.25, 0.3) is 11.0 Å². The molecule has 2 nitrogen and oxygen atoms in total. The molecule has 1 aromatic heterocycles. The van der Waals surface area contributed by atoms with E-state index in [0.717, 1.165) is 5.76 Å². The fourth-order valence-corrected chi connectivity index (χ4v) is 1.47. The predicted octanol–water partition coefficient (Wildman–Crippen LogP) is 3.09. The third-order valence-electron chi connectivity index (χ3n) is 2.37. The fraction of sp³-hybridized carbons (Fsp3) is 0.308. The summed E-state index contributed by atoms with van der Waals surface area (Å²) in [5.41, 5.74) is 0.556. The highest BCUT2D eigenvalue weighted by Crippen LogP contribution is 2.23. The van der Waals surface area contributed by atoms with Crippen LogP contribution < -0.4 is 5.43 Å². The van der Waals surface area contributed by atoms with Gasteiger partial charge in [0.25, 0.3) is 0 Å². The van der Waals surface area contributed by atoms with Crippen molar-refractivity contribution in [3.05, 3.63) is 46.3 Å². The van der Waals surface area contributed by atoms with Crippen molar-refractivity contribution in [3.8, 4) is 0 Å². The van der Waals surface area contributed by atoms with Crippen LogP contribution in [0.5, 0.6) is 0 Å². The van der Waals surface area contributed by atoms with E-state index in [1.54, 1.807) is 12.1 Å². The van der Waals surface area contributed by atoms with Gasteiger partial charge in [-0.2, -0.15) is 0 Å². The Hall–Kier alpha value is -1.57. The minimum Gasteiger partial charge on any atom is -0.460 e. The van der Waals surface area contributed by atoms with Gasteiger partial charge in [-0.05, 0) is 12.1 Å². The largest absolute Gasteiger partial charge is 0.460 e. The van der Waals surface area contributed by atoms with E-state index < -0.39 is 0 Å². The van der Waals surface area contributed by atoms with Gasteiger partial charge >= 0.3 is 0 Å². The Morgan fingerprint density at radius 3 is 2.47 bits per heavy atom. The van der Waals surface area contributed by atoms with Gasteiger partial charge in [-0.3, -0.25) is 4.79 Å². The average molecular weight is 202 g/mol. The van der Waals surface area contributed by atoms with Crippen LogP contribution in [-0.4, -0.2) is 0 Å². The van der Waals surface area contributed by atoms with Gasteiger partial charge in [0, 0.05) is 11.5 Å². The van der Waals surface area contributed by atoms with Crippen LogP contribution in [0.1, 0.15) is 26.5 Å². The lowest BCUT2D eigenvalue weighted by Crippen LogP contribution is -2.14. The molecule has 2 heteroatoms. The molecule has 0 N–H and O–H groups in total. The quantitative estimate of drug-likeness (QED) is 0.657. The smallest absolute Gasteiger partial charge is 0.192 e. The van der Waals surface area contributed by atoms with Crippen molar-refractivity contribution in [2.24, 2.45) is 0 Å². The normalized spacial score (nSPS) is 11.9. The molecule has 1 aromatic carbocycles. The van der Waals surface area contributed by atoms with Crippen molar-refractivity contribution < 1.29 is 4.42 Å². The maximum Gasteiger partial charge on any atom is 0.192 e. The Labute approximate surface area is 88.5 Å². The molecule has 0 radical (unpaired) electrons. The van der Waals surface area contributed by atoms with Gasteiger partial charge < -0.3 is 4.42 Å². The molecule has 15 heavy (non-hydrogen) atoms. The first-order valence-corrected chi connectivity index (χ1v) is 5.02. The molecule has 0 saturated carbocycles. The number of rotatable bonds is 0. The Kier molecular flexibility index (Phi) is 2.14. The summed E-state index contributed by atoms with van der Waals surface area (Å²) in [4.78, 5) is 11.8. The van der Waals surface area contributed by atoms with Crippen LogP contribution in [0.15, 0.2) is 39.5 Å². The molecule has 1 heterocycles. The van der Waals surface area contributed by atoms with Gasteiger partial charge in [-0.25, -0.2) is 0 Å². The summed E-state index contributed by atoms with van der Waals surface area (Å²) in [6, 6.07) is 8.91. The molecule has 0 aliphatic rings. The molecule has 0 amide bonds. The molecule has 0 fully saturated rings. The lowest BCUT2D eigenvalue weighted by Gasteiger charge is -2.16. The third kappa shape index (κ3) is 1.80. The van der Waals surface area contributed by atoms with Crippen LogP contribution in [0.3, 0.4) is 0 Å². The zero-order chi connectivity index (χ0) is 11.1. The standard InChI is InChI=1S/C13H14O2/c1-13(2,3)12-8-10(14)9-6-4-5-7-11(9)15-12/h4-8H,1-3H3. The van der Waals surface area contributed by atoms with Gasteiger partial charge in [0.05, 0.1) is 5.39 Å². The highest BCUT2D eigenvalue weighted by Gasteiger charge is 2.18. The molecular weight excluding hydrogens is 188 g/mol. The van der Waals surface area contributed by atoms with E-state index in [0.29, 0.717) is 11.0 Å². The molecule has 0 aliphatic heterocycles. The second-order valence-corrected chi connectivity index (χ2v) is 4.72. The topological polar surface area (TPSA) is 30.2 Å². The second kappa shape index (κ2) is 3.23. The van der Waals surface area contributed by atoms with E-state index in [9.17, 15) is 4.79 Å². The monoisotopic (exact) mass is 202 g/mol. The van der Waals surface area contributed by atoms with Gasteiger partial charge in [-0.1, -0.05) is 32.9 Å². The van der Waals surface area contributed by atoms with E-state index in [-0.39, 0.29) is 10.8 Å². The van der Waals surface area contributed by atoms with Crippen LogP contribution in [0, 0.1) is 0 Å². The first-order valence-electron chi connectivity index (χ1n) is 5.02. The Morgan fingerprint density at radius 1 is 1.13 bits per heavy atom. The molecule has 0 spiro atoms. The van der Waals surface area contributed by atoms with Crippen LogP contribution in [0.2, 0.25) is 0 Å². The molecule has 78 valence electrons. The molecule has 0 aliphatic carbocycles. The molecule has 2 rings (SSSR count). The number of hydrogen-bond acceptors (Lipinski definition) is 2. The minimum absolute atomic E-state index is 0.0294. The lowest BCUT2D eigenvalue weighted by atomic mass is 9.92. The number of fused-ring (bicyclic) bond motifs is 1. The molecule has 0 unspecified atom stereocenters. The fourth-order valence-electron chi connectivity index (χ4n) is 1.47. The van der Waals surface area contributed by atoms with Gasteiger partial charge in [-0.15, -0.1) is 0 Å². The van der Waals surface area contributed by atoms with E-state index in [2.05, 4.69) is 0 Å². The van der Waals surface area contributed by atoms with Crippen molar-refractivity contribution in [1.29, 1.82) is 0 Å². The van der Waals surface area contributed by atoms with Crippen LogP contribution in [-0.2, 0) is 5.41 Å². The van der Waals surface area contributed by atoms with E-state index >= 15 is 0 Å². The van der Waals surface area contributed by atoms with E-state index in [4.69, 9.17) is 4.42 Å². The lowest BCUT2D eigenvalue weighted by molar-refractivity contribution is 0.421. The van der Waals surface area contributed by atoms with Gasteiger partial charge in [0.1, 0.15) is 11.3 Å². The maximum absolute atomic E-state index is 11.8. The maximum atomic E-state index is 11.8. The minimum atomic E-state index is -0.136. The summed E-state index contributed by atoms with van der Waals surface area (Å²) in [6.45, 7) is 6.08. The molecular formula is C13H14O2. The number of hydrogen-bond donors (Lipinski definition) is 0. The summed E-state index contributed by atoms with van der Waals surface area (Å²) in [5, 5.41) is 0.644. The van der Waals surface area contributed by atoms with E-state index in [1.807, 2.05) is 39.0 Å². The van der Waals surface area contributed by atoms with Crippen LogP contribution >= 0.6 is 0 Å². The van der Waals surface area contributed by atoms with Crippen molar-refractivity contribution in [2.75, 3.05) is 0 Å². The summed E-state index contributed by atoms with van der Waals surface area (Å²) in [7, 11) is 0. The first-order chi connectivity index (χ1) is 6.98. The average Bonchev–Trinajstić information content (AvgIpc) is 2.16. The molecule has 0 saturated heterocycles. The number of benzene rings is 1. The van der Waals surface area contributed by atoms with Crippen molar-refractivity contribution in [3.63, 3.8) is 0 Å². The summed E-state index contributed by atoms with van der Waals surface area (Å²) >= 11 is 0. The zero-order valence-electron chi connectivity index (χ0n) is 9.20.